The molecule has 0 aromatic carbocycles. The third-order valence-electron chi connectivity index (χ3n) is 1.88. The van der Waals surface area contributed by atoms with Crippen LogP contribution in [0.3, 0.4) is 0 Å². The smallest absolute Gasteiger partial charge is 0.273 e. The Morgan fingerprint density at radius 3 is 2.43 bits per heavy atom. The van der Waals surface area contributed by atoms with Crippen molar-refractivity contribution in [3.05, 3.63) is 17.5 Å². The standard InChI is InChI=1S/C8H8F3N3/c1-7(2,4-12)5-3-13-14-6(5)8(9,10)11/h3H,1-2H3,(H,13,14). The molecule has 0 radical (unpaired) electrons. The second kappa shape index (κ2) is 3.01. The summed E-state index contributed by atoms with van der Waals surface area (Å²) in [6.45, 7) is 2.82. The molecule has 1 aromatic rings. The second-order valence-electron chi connectivity index (χ2n) is 3.39. The van der Waals surface area contributed by atoms with Crippen molar-refractivity contribution in [1.29, 1.82) is 5.26 Å². The van der Waals surface area contributed by atoms with Gasteiger partial charge in [0.1, 0.15) is 5.69 Å². The van der Waals surface area contributed by atoms with Crippen LogP contribution in [0.15, 0.2) is 6.20 Å². The number of nitrogens with zero attached hydrogens (tertiary/aromatic N) is 2. The Morgan fingerprint density at radius 1 is 1.43 bits per heavy atom. The minimum Gasteiger partial charge on any atom is -0.273 e. The zero-order valence-corrected chi connectivity index (χ0v) is 7.61. The van der Waals surface area contributed by atoms with Gasteiger partial charge >= 0.3 is 6.18 Å². The molecule has 0 amide bonds. The van der Waals surface area contributed by atoms with Crippen molar-refractivity contribution in [3.63, 3.8) is 0 Å². The monoisotopic (exact) mass is 203 g/mol. The highest BCUT2D eigenvalue weighted by Crippen LogP contribution is 2.35. The Kier molecular flexibility index (Phi) is 2.27. The SMILES string of the molecule is CC(C)(C#N)c1cn[nH]c1C(F)(F)F. The number of hydrogen-bond donors (Lipinski definition) is 1. The molecule has 0 aliphatic rings. The van der Waals surface area contributed by atoms with Gasteiger partial charge in [0, 0.05) is 5.56 Å². The summed E-state index contributed by atoms with van der Waals surface area (Å²) in [6.07, 6.45) is -3.47. The summed E-state index contributed by atoms with van der Waals surface area (Å²) in [4.78, 5) is 0. The summed E-state index contributed by atoms with van der Waals surface area (Å²) >= 11 is 0. The fraction of sp³-hybridized carbons (Fsp3) is 0.500. The van der Waals surface area contributed by atoms with Crippen LogP contribution < -0.4 is 0 Å². The number of H-pyrrole nitrogens is 1. The van der Waals surface area contributed by atoms with E-state index in [2.05, 4.69) is 5.10 Å². The molecule has 1 heterocycles. The van der Waals surface area contributed by atoms with E-state index in [1.807, 2.05) is 5.10 Å². The van der Waals surface area contributed by atoms with Crippen LogP contribution in [0.4, 0.5) is 13.2 Å². The summed E-state index contributed by atoms with van der Waals surface area (Å²) in [6, 6.07) is 1.80. The molecule has 0 aliphatic heterocycles. The van der Waals surface area contributed by atoms with Crippen LogP contribution in [0.2, 0.25) is 0 Å². The number of rotatable bonds is 1. The maximum absolute atomic E-state index is 12.4. The zero-order chi connectivity index (χ0) is 11.0. The van der Waals surface area contributed by atoms with Crippen molar-refractivity contribution < 1.29 is 13.2 Å². The molecule has 0 atom stereocenters. The highest BCUT2D eigenvalue weighted by Gasteiger charge is 2.39. The van der Waals surface area contributed by atoms with Crippen molar-refractivity contribution in [2.75, 3.05) is 0 Å². The quantitative estimate of drug-likeness (QED) is 0.760. The first-order chi connectivity index (χ1) is 6.29. The second-order valence-corrected chi connectivity index (χ2v) is 3.39. The third kappa shape index (κ3) is 1.71. The molecule has 0 bridgehead atoms. The molecule has 76 valence electrons. The minimum absolute atomic E-state index is 0.132. The Morgan fingerprint density at radius 2 is 2.00 bits per heavy atom. The number of alkyl halides is 3. The van der Waals surface area contributed by atoms with Gasteiger partial charge < -0.3 is 0 Å². The summed E-state index contributed by atoms with van der Waals surface area (Å²) in [5.41, 5.74) is -2.28. The summed E-state index contributed by atoms with van der Waals surface area (Å²) in [7, 11) is 0. The third-order valence-corrected chi connectivity index (χ3v) is 1.88. The lowest BCUT2D eigenvalue weighted by atomic mass is 9.86. The fourth-order valence-electron chi connectivity index (χ4n) is 1.04. The van der Waals surface area contributed by atoms with Crippen LogP contribution >= 0.6 is 0 Å². The van der Waals surface area contributed by atoms with Gasteiger partial charge in [-0.3, -0.25) is 5.10 Å². The molecule has 0 spiro atoms. The van der Waals surface area contributed by atoms with E-state index in [0.717, 1.165) is 6.20 Å². The topological polar surface area (TPSA) is 52.5 Å². The molecular formula is C8H8F3N3. The fourth-order valence-corrected chi connectivity index (χ4v) is 1.04. The van der Waals surface area contributed by atoms with Crippen molar-refractivity contribution in [2.24, 2.45) is 0 Å². The molecule has 1 N–H and O–H groups in total. The summed E-state index contributed by atoms with van der Waals surface area (Å²) in [5, 5.41) is 13.9. The van der Waals surface area contributed by atoms with Gasteiger partial charge in [-0.25, -0.2) is 0 Å². The van der Waals surface area contributed by atoms with E-state index in [0.29, 0.717) is 0 Å². The molecule has 3 nitrogen and oxygen atoms in total. The number of hydrogen-bond acceptors (Lipinski definition) is 2. The molecular weight excluding hydrogens is 195 g/mol. The Hall–Kier alpha value is -1.51. The molecule has 0 saturated carbocycles. The van der Waals surface area contributed by atoms with Crippen molar-refractivity contribution in [3.8, 4) is 6.07 Å². The highest BCUT2D eigenvalue weighted by atomic mass is 19.4. The van der Waals surface area contributed by atoms with E-state index < -0.39 is 17.3 Å². The average molecular weight is 203 g/mol. The number of aromatic nitrogens is 2. The zero-order valence-electron chi connectivity index (χ0n) is 7.61. The van der Waals surface area contributed by atoms with Crippen LogP contribution in [0.5, 0.6) is 0 Å². The van der Waals surface area contributed by atoms with Gasteiger partial charge in [0.15, 0.2) is 0 Å². The lowest BCUT2D eigenvalue weighted by Crippen LogP contribution is -2.19. The molecule has 1 rings (SSSR count). The first-order valence-corrected chi connectivity index (χ1v) is 3.81. The predicted molar refractivity (Wildman–Crippen MR) is 42.2 cm³/mol. The number of aromatic amines is 1. The molecule has 1 aromatic heterocycles. The van der Waals surface area contributed by atoms with E-state index in [1.54, 1.807) is 6.07 Å². The minimum atomic E-state index is -4.50. The van der Waals surface area contributed by atoms with Crippen LogP contribution in [-0.2, 0) is 11.6 Å². The van der Waals surface area contributed by atoms with Gasteiger partial charge in [-0.2, -0.15) is 23.5 Å². The van der Waals surface area contributed by atoms with Gasteiger partial charge in [-0.15, -0.1) is 0 Å². The van der Waals surface area contributed by atoms with Crippen molar-refractivity contribution in [1.82, 2.24) is 10.2 Å². The van der Waals surface area contributed by atoms with Gasteiger partial charge in [0.25, 0.3) is 0 Å². The van der Waals surface area contributed by atoms with Crippen molar-refractivity contribution in [2.45, 2.75) is 25.4 Å². The number of nitriles is 1. The lowest BCUT2D eigenvalue weighted by molar-refractivity contribution is -0.142. The Bertz CT molecular complexity index is 370. The largest absolute Gasteiger partial charge is 0.433 e. The average Bonchev–Trinajstić information content (AvgIpc) is 2.51. The molecule has 0 aliphatic carbocycles. The van der Waals surface area contributed by atoms with Crippen molar-refractivity contribution >= 4 is 0 Å². The van der Waals surface area contributed by atoms with Gasteiger partial charge in [0.2, 0.25) is 0 Å². The van der Waals surface area contributed by atoms with E-state index in [-0.39, 0.29) is 5.56 Å². The highest BCUT2D eigenvalue weighted by molar-refractivity contribution is 5.33. The van der Waals surface area contributed by atoms with E-state index in [1.165, 1.54) is 13.8 Å². The van der Waals surface area contributed by atoms with Gasteiger partial charge in [-0.1, -0.05) is 0 Å². The summed E-state index contributed by atoms with van der Waals surface area (Å²) in [5.74, 6) is 0. The predicted octanol–water partition coefficient (Wildman–Crippen LogP) is 2.23. The molecule has 0 fully saturated rings. The first kappa shape index (κ1) is 10.6. The maximum Gasteiger partial charge on any atom is 0.433 e. The van der Waals surface area contributed by atoms with Gasteiger partial charge in [0.05, 0.1) is 17.7 Å². The summed E-state index contributed by atoms with van der Waals surface area (Å²) < 4.78 is 37.1. The lowest BCUT2D eigenvalue weighted by Gasteiger charge is -2.16. The van der Waals surface area contributed by atoms with E-state index in [9.17, 15) is 13.2 Å². The van der Waals surface area contributed by atoms with Gasteiger partial charge in [-0.05, 0) is 13.8 Å². The van der Waals surface area contributed by atoms with E-state index in [4.69, 9.17) is 5.26 Å². The van der Waals surface area contributed by atoms with E-state index >= 15 is 0 Å². The number of nitrogens with one attached hydrogen (secondary N) is 1. The normalized spacial score (nSPS) is 12.6. The van der Waals surface area contributed by atoms with Crippen LogP contribution in [0.1, 0.15) is 25.1 Å². The Labute approximate surface area is 78.5 Å². The Balaban J connectivity index is 3.26. The van der Waals surface area contributed by atoms with Crippen LogP contribution in [0, 0.1) is 11.3 Å². The molecule has 0 saturated heterocycles. The molecule has 14 heavy (non-hydrogen) atoms. The molecule has 0 unspecified atom stereocenters. The first-order valence-electron chi connectivity index (χ1n) is 3.81. The van der Waals surface area contributed by atoms with Crippen LogP contribution in [-0.4, -0.2) is 10.2 Å². The molecule has 6 heteroatoms. The number of halogens is 3. The van der Waals surface area contributed by atoms with Crippen LogP contribution in [0.25, 0.3) is 0 Å². The maximum atomic E-state index is 12.4.